The molecule has 3 aliphatic rings. The van der Waals surface area contributed by atoms with Gasteiger partial charge in [0.15, 0.2) is 23.6 Å². The number of phenols is 1. The lowest BCUT2D eigenvalue weighted by molar-refractivity contribution is -0.318. The molecular formula is C29H36O15. The number of fused-ring (bicyclic) bond motifs is 1. The molecule has 15 heteroatoms. The Kier molecular flexibility index (Phi) is 9.50. The van der Waals surface area contributed by atoms with Crippen LogP contribution in [0.5, 0.6) is 28.7 Å². The lowest BCUT2D eigenvalue weighted by atomic mass is 9.95. The average Bonchev–Trinajstić information content (AvgIpc) is 3.01. The minimum atomic E-state index is -1.76. The van der Waals surface area contributed by atoms with E-state index in [9.17, 15) is 40.5 Å². The molecule has 0 radical (unpaired) electrons. The van der Waals surface area contributed by atoms with Gasteiger partial charge in [0.05, 0.1) is 33.4 Å². The second-order valence-electron chi connectivity index (χ2n) is 10.8. The van der Waals surface area contributed by atoms with Gasteiger partial charge in [-0.3, -0.25) is 4.79 Å². The standard InChI is InChI=1S/C29H36O15/c1-11-22(32)24(34)26(36)28(41-11)40-10-20-23(33)25(35)27(37)29(44-20)42-13-7-14(30)21-15(31)9-17(43-19(21)8-13)12-4-5-16(38-2)18(6-12)39-3/h4-8,11,17,20,22-30,32-37H,9-10H2,1-3H3/t11-,17+,20+,22+,23+,24+,25-,26+,27+,28-,29+/m1/s1. The fraction of sp³-hybridized carbons (Fsp3) is 0.552. The fourth-order valence-corrected chi connectivity index (χ4v) is 5.35. The fourth-order valence-electron chi connectivity index (χ4n) is 5.35. The monoisotopic (exact) mass is 624 g/mol. The number of aromatic hydroxyl groups is 1. The Morgan fingerprint density at radius 1 is 0.818 bits per heavy atom. The number of benzene rings is 2. The van der Waals surface area contributed by atoms with Crippen molar-refractivity contribution in [1.82, 2.24) is 0 Å². The summed E-state index contributed by atoms with van der Waals surface area (Å²) in [5.41, 5.74) is 0.551. The summed E-state index contributed by atoms with van der Waals surface area (Å²) in [5, 5.41) is 72.3. The second-order valence-corrected chi connectivity index (χ2v) is 10.8. The molecule has 0 aliphatic carbocycles. The molecule has 2 aromatic carbocycles. The van der Waals surface area contributed by atoms with Crippen LogP contribution in [0.4, 0.5) is 0 Å². The third-order valence-corrected chi connectivity index (χ3v) is 7.91. The van der Waals surface area contributed by atoms with Gasteiger partial charge in [0, 0.05) is 12.1 Å². The minimum absolute atomic E-state index is 0.0000931. The van der Waals surface area contributed by atoms with Crippen LogP contribution in [0.25, 0.3) is 0 Å². The lowest BCUT2D eigenvalue weighted by Crippen LogP contribution is -2.61. The average molecular weight is 625 g/mol. The van der Waals surface area contributed by atoms with Crippen LogP contribution in [0, 0.1) is 0 Å². The number of hydrogen-bond acceptors (Lipinski definition) is 15. The van der Waals surface area contributed by atoms with E-state index in [0.29, 0.717) is 17.1 Å². The van der Waals surface area contributed by atoms with Gasteiger partial charge >= 0.3 is 0 Å². The molecular weight excluding hydrogens is 588 g/mol. The predicted molar refractivity (Wildman–Crippen MR) is 146 cm³/mol. The van der Waals surface area contributed by atoms with Crippen LogP contribution < -0.4 is 18.9 Å². The minimum Gasteiger partial charge on any atom is -0.507 e. The zero-order valence-electron chi connectivity index (χ0n) is 24.0. The number of methoxy groups -OCH3 is 2. The Hall–Kier alpha value is -3.25. The highest BCUT2D eigenvalue weighted by Crippen LogP contribution is 2.43. The zero-order valence-corrected chi connectivity index (χ0v) is 24.0. The van der Waals surface area contributed by atoms with Crippen LogP contribution in [0.3, 0.4) is 0 Å². The van der Waals surface area contributed by atoms with Crippen LogP contribution >= 0.6 is 0 Å². The molecule has 2 fully saturated rings. The first-order valence-electron chi connectivity index (χ1n) is 13.9. The van der Waals surface area contributed by atoms with Crippen molar-refractivity contribution in [3.8, 4) is 28.7 Å². The van der Waals surface area contributed by atoms with Gasteiger partial charge in [-0.2, -0.15) is 0 Å². The van der Waals surface area contributed by atoms with Crippen LogP contribution in [0.15, 0.2) is 30.3 Å². The number of aliphatic hydroxyl groups is 6. The van der Waals surface area contributed by atoms with E-state index in [1.807, 2.05) is 0 Å². The van der Waals surface area contributed by atoms with Gasteiger partial charge in [-0.05, 0) is 24.6 Å². The van der Waals surface area contributed by atoms with Gasteiger partial charge in [0.2, 0.25) is 6.29 Å². The Morgan fingerprint density at radius 2 is 1.50 bits per heavy atom. The maximum Gasteiger partial charge on any atom is 0.229 e. The van der Waals surface area contributed by atoms with E-state index in [1.165, 1.54) is 27.2 Å². The molecule has 0 amide bonds. The molecule has 0 bridgehead atoms. The van der Waals surface area contributed by atoms with Crippen molar-refractivity contribution in [1.29, 1.82) is 0 Å². The Bertz CT molecular complexity index is 1340. The predicted octanol–water partition coefficient (Wildman–Crippen LogP) is -0.854. The molecule has 44 heavy (non-hydrogen) atoms. The Morgan fingerprint density at radius 3 is 2.20 bits per heavy atom. The van der Waals surface area contributed by atoms with Crippen LogP contribution in [-0.2, 0) is 14.2 Å². The quantitative estimate of drug-likeness (QED) is 0.190. The first-order valence-corrected chi connectivity index (χ1v) is 13.9. The summed E-state index contributed by atoms with van der Waals surface area (Å²) in [7, 11) is 2.97. The van der Waals surface area contributed by atoms with Crippen molar-refractivity contribution in [2.24, 2.45) is 0 Å². The summed E-state index contributed by atoms with van der Waals surface area (Å²) in [4.78, 5) is 13.0. The topological polar surface area (TPSA) is 223 Å². The van der Waals surface area contributed by atoms with Gasteiger partial charge in [-0.1, -0.05) is 6.07 Å². The van der Waals surface area contributed by atoms with Crippen molar-refractivity contribution < 1.29 is 73.7 Å². The Balaban J connectivity index is 1.31. The summed E-state index contributed by atoms with van der Waals surface area (Å²) < 4.78 is 38.9. The number of aliphatic hydroxyl groups excluding tert-OH is 6. The maximum atomic E-state index is 13.0. The van der Waals surface area contributed by atoms with Crippen molar-refractivity contribution in [2.75, 3.05) is 20.8 Å². The number of ether oxygens (including phenoxy) is 7. The number of Topliss-reactive ketones (excluding diaryl/α,β-unsaturated/α-hetero) is 1. The van der Waals surface area contributed by atoms with E-state index < -0.39 is 79.9 Å². The van der Waals surface area contributed by atoms with Gasteiger partial charge < -0.3 is 68.9 Å². The summed E-state index contributed by atoms with van der Waals surface area (Å²) >= 11 is 0. The lowest BCUT2D eigenvalue weighted by Gasteiger charge is -2.42. The first-order chi connectivity index (χ1) is 20.9. The number of rotatable bonds is 8. The molecule has 11 atom stereocenters. The zero-order chi connectivity index (χ0) is 31.9. The second kappa shape index (κ2) is 13.0. The highest BCUT2D eigenvalue weighted by Gasteiger charge is 2.47. The molecule has 3 heterocycles. The molecule has 0 spiro atoms. The van der Waals surface area contributed by atoms with Crippen molar-refractivity contribution in [3.05, 3.63) is 41.5 Å². The molecule has 0 saturated carbocycles. The van der Waals surface area contributed by atoms with Gasteiger partial charge in [0.25, 0.3) is 0 Å². The van der Waals surface area contributed by atoms with Crippen molar-refractivity contribution in [3.63, 3.8) is 0 Å². The molecule has 5 rings (SSSR count). The molecule has 2 saturated heterocycles. The van der Waals surface area contributed by atoms with Crippen molar-refractivity contribution in [2.45, 2.75) is 80.9 Å². The van der Waals surface area contributed by atoms with E-state index in [1.54, 1.807) is 18.2 Å². The summed E-state index contributed by atoms with van der Waals surface area (Å²) in [6, 6.07) is 7.50. The van der Waals surface area contributed by atoms with Crippen LogP contribution in [0.2, 0.25) is 0 Å². The number of ketones is 1. The molecule has 3 aliphatic heterocycles. The number of carbonyl (C=O) groups excluding carboxylic acids is 1. The van der Waals surface area contributed by atoms with E-state index in [4.69, 9.17) is 33.2 Å². The molecule has 2 aromatic rings. The van der Waals surface area contributed by atoms with Crippen LogP contribution in [0.1, 0.15) is 35.4 Å². The van der Waals surface area contributed by atoms with Crippen LogP contribution in [-0.4, -0.2) is 124 Å². The summed E-state index contributed by atoms with van der Waals surface area (Å²) in [5.74, 6) is -0.00697. The number of phenolic OH excluding ortho intramolecular Hbond substituents is 1. The number of carbonyl (C=O) groups is 1. The normalized spacial score (nSPS) is 35.4. The smallest absolute Gasteiger partial charge is 0.229 e. The third kappa shape index (κ3) is 6.15. The largest absolute Gasteiger partial charge is 0.507 e. The third-order valence-electron chi connectivity index (χ3n) is 7.91. The highest BCUT2D eigenvalue weighted by atomic mass is 16.7. The maximum absolute atomic E-state index is 13.0. The molecule has 7 N–H and O–H groups in total. The molecule has 0 unspecified atom stereocenters. The van der Waals surface area contributed by atoms with E-state index in [-0.39, 0.29) is 29.3 Å². The Labute approximate surface area is 251 Å². The van der Waals surface area contributed by atoms with Crippen molar-refractivity contribution >= 4 is 5.78 Å². The summed E-state index contributed by atoms with van der Waals surface area (Å²) in [6.45, 7) is 0.982. The van der Waals surface area contributed by atoms with Gasteiger partial charge in [-0.15, -0.1) is 0 Å². The van der Waals surface area contributed by atoms with Gasteiger partial charge in [0.1, 0.15) is 71.6 Å². The van der Waals surface area contributed by atoms with E-state index >= 15 is 0 Å². The van der Waals surface area contributed by atoms with E-state index in [0.717, 1.165) is 6.07 Å². The SMILES string of the molecule is COc1ccc([C@@H]2CC(=O)c3c(O)cc(O[C@H]4O[C@@H](CO[C@@H]5O[C@H](C)[C@H](O)[C@H](O)[C@@H]5O)[C@H](O)[C@@H](O)[C@@H]4O)cc3O2)cc1OC. The molecule has 242 valence electrons. The molecule has 15 nitrogen and oxygen atoms in total. The molecule has 0 aromatic heterocycles. The van der Waals surface area contributed by atoms with E-state index in [2.05, 4.69) is 0 Å². The van der Waals surface area contributed by atoms with Gasteiger partial charge in [-0.25, -0.2) is 0 Å². The summed E-state index contributed by atoms with van der Waals surface area (Å²) in [6.07, 6.45) is -15.7. The first kappa shape index (κ1) is 32.2. The number of hydrogen-bond donors (Lipinski definition) is 7. The highest BCUT2D eigenvalue weighted by molar-refractivity contribution is 6.02.